The summed E-state index contributed by atoms with van der Waals surface area (Å²) in [5.74, 6) is 0.497. The standard InChI is InChI=1S/C11H18N4O2/c1-7-8(6-16)11(14(2)13-7)15-5-3-4-9(15)10(12)17/h9,16H,3-6H2,1-2H3,(H2,12,17). The summed E-state index contributed by atoms with van der Waals surface area (Å²) >= 11 is 0. The van der Waals surface area contributed by atoms with Crippen molar-refractivity contribution in [3.63, 3.8) is 0 Å². The zero-order valence-corrected chi connectivity index (χ0v) is 10.2. The maximum absolute atomic E-state index is 11.4. The molecule has 1 saturated heterocycles. The van der Waals surface area contributed by atoms with E-state index in [9.17, 15) is 9.90 Å². The monoisotopic (exact) mass is 238 g/mol. The first kappa shape index (κ1) is 11.9. The molecule has 0 aliphatic carbocycles. The van der Waals surface area contributed by atoms with Crippen LogP contribution in [0.25, 0.3) is 0 Å². The Kier molecular flexibility index (Phi) is 3.06. The lowest BCUT2D eigenvalue weighted by molar-refractivity contribution is -0.119. The molecule has 1 aliphatic rings. The van der Waals surface area contributed by atoms with E-state index in [4.69, 9.17) is 5.73 Å². The van der Waals surface area contributed by atoms with Crippen LogP contribution in [0.4, 0.5) is 5.82 Å². The van der Waals surface area contributed by atoms with Gasteiger partial charge in [0.1, 0.15) is 11.9 Å². The fourth-order valence-corrected chi connectivity index (χ4v) is 2.55. The number of carbonyl (C=O) groups is 1. The van der Waals surface area contributed by atoms with Crippen molar-refractivity contribution in [1.29, 1.82) is 0 Å². The summed E-state index contributed by atoms with van der Waals surface area (Å²) in [4.78, 5) is 13.3. The molecule has 6 heteroatoms. The van der Waals surface area contributed by atoms with Crippen LogP contribution in [0.1, 0.15) is 24.1 Å². The van der Waals surface area contributed by atoms with Gasteiger partial charge >= 0.3 is 0 Å². The molecular weight excluding hydrogens is 220 g/mol. The predicted molar refractivity (Wildman–Crippen MR) is 63.4 cm³/mol. The number of anilines is 1. The fourth-order valence-electron chi connectivity index (χ4n) is 2.55. The van der Waals surface area contributed by atoms with E-state index in [0.29, 0.717) is 0 Å². The van der Waals surface area contributed by atoms with Crippen LogP contribution in [-0.4, -0.2) is 33.4 Å². The van der Waals surface area contributed by atoms with Crippen LogP contribution in [0.2, 0.25) is 0 Å². The number of aromatic nitrogens is 2. The number of hydrogen-bond donors (Lipinski definition) is 2. The van der Waals surface area contributed by atoms with Gasteiger partial charge in [0.15, 0.2) is 0 Å². The van der Waals surface area contributed by atoms with Crippen molar-refractivity contribution < 1.29 is 9.90 Å². The first-order valence-corrected chi connectivity index (χ1v) is 5.75. The molecule has 1 atom stereocenters. The lowest BCUT2D eigenvalue weighted by atomic mass is 10.2. The second-order valence-corrected chi connectivity index (χ2v) is 4.42. The maximum Gasteiger partial charge on any atom is 0.240 e. The van der Waals surface area contributed by atoms with Gasteiger partial charge in [-0.15, -0.1) is 0 Å². The van der Waals surface area contributed by atoms with Crippen LogP contribution in [0.5, 0.6) is 0 Å². The largest absolute Gasteiger partial charge is 0.391 e. The molecular formula is C11H18N4O2. The van der Waals surface area contributed by atoms with E-state index in [1.165, 1.54) is 0 Å². The van der Waals surface area contributed by atoms with Gasteiger partial charge in [0.05, 0.1) is 12.3 Å². The van der Waals surface area contributed by atoms with E-state index in [1.807, 2.05) is 18.9 Å². The fraction of sp³-hybridized carbons (Fsp3) is 0.636. The molecule has 0 radical (unpaired) electrons. The Morgan fingerprint density at radius 1 is 1.65 bits per heavy atom. The van der Waals surface area contributed by atoms with Crippen molar-refractivity contribution in [3.05, 3.63) is 11.3 Å². The minimum absolute atomic E-state index is 0.0724. The average molecular weight is 238 g/mol. The maximum atomic E-state index is 11.4. The van der Waals surface area contributed by atoms with Gasteiger partial charge in [-0.2, -0.15) is 5.10 Å². The zero-order chi connectivity index (χ0) is 12.6. The molecule has 0 bridgehead atoms. The van der Waals surface area contributed by atoms with Gasteiger partial charge in [0.25, 0.3) is 0 Å². The Balaban J connectivity index is 2.42. The molecule has 2 rings (SSSR count). The van der Waals surface area contributed by atoms with Crippen LogP contribution < -0.4 is 10.6 Å². The molecule has 1 aliphatic heterocycles. The van der Waals surface area contributed by atoms with Crippen LogP contribution in [0.3, 0.4) is 0 Å². The molecule has 0 spiro atoms. The van der Waals surface area contributed by atoms with E-state index < -0.39 is 0 Å². The van der Waals surface area contributed by atoms with Crippen LogP contribution in [-0.2, 0) is 18.4 Å². The topological polar surface area (TPSA) is 84.4 Å². The van der Waals surface area contributed by atoms with Crippen LogP contribution in [0.15, 0.2) is 0 Å². The highest BCUT2D eigenvalue weighted by molar-refractivity contribution is 5.84. The van der Waals surface area contributed by atoms with Crippen molar-refractivity contribution >= 4 is 11.7 Å². The molecule has 0 saturated carbocycles. The quantitative estimate of drug-likeness (QED) is 0.755. The number of aliphatic hydroxyl groups excluding tert-OH is 1. The number of amides is 1. The van der Waals surface area contributed by atoms with Crippen molar-refractivity contribution in [1.82, 2.24) is 9.78 Å². The Labute approximate surface area is 100 Å². The first-order chi connectivity index (χ1) is 8.06. The Bertz CT molecular complexity index is 441. The molecule has 1 aromatic rings. The molecule has 17 heavy (non-hydrogen) atoms. The number of aliphatic hydroxyl groups is 1. The number of carbonyl (C=O) groups excluding carboxylic acids is 1. The molecule has 0 aromatic carbocycles. The highest BCUT2D eigenvalue weighted by atomic mass is 16.3. The number of nitrogens with two attached hydrogens (primary N) is 1. The molecule has 1 fully saturated rings. The van der Waals surface area contributed by atoms with Crippen LogP contribution in [0, 0.1) is 6.92 Å². The van der Waals surface area contributed by atoms with Gasteiger partial charge < -0.3 is 15.7 Å². The molecule has 3 N–H and O–H groups in total. The van der Waals surface area contributed by atoms with E-state index in [-0.39, 0.29) is 18.6 Å². The van der Waals surface area contributed by atoms with E-state index in [2.05, 4.69) is 5.10 Å². The zero-order valence-electron chi connectivity index (χ0n) is 10.2. The van der Waals surface area contributed by atoms with Crippen molar-refractivity contribution in [2.75, 3.05) is 11.4 Å². The lowest BCUT2D eigenvalue weighted by Gasteiger charge is -2.25. The van der Waals surface area contributed by atoms with Crippen LogP contribution >= 0.6 is 0 Å². The highest BCUT2D eigenvalue weighted by Crippen LogP contribution is 2.29. The Morgan fingerprint density at radius 3 is 2.94 bits per heavy atom. The minimum Gasteiger partial charge on any atom is -0.391 e. The summed E-state index contributed by atoms with van der Waals surface area (Å²) in [6.07, 6.45) is 1.70. The van der Waals surface area contributed by atoms with Gasteiger partial charge in [0, 0.05) is 19.2 Å². The molecule has 1 amide bonds. The number of nitrogens with zero attached hydrogens (tertiary/aromatic N) is 3. The third-order valence-electron chi connectivity index (χ3n) is 3.32. The van der Waals surface area contributed by atoms with Gasteiger partial charge in [-0.05, 0) is 19.8 Å². The minimum atomic E-state index is -0.315. The van der Waals surface area contributed by atoms with Crippen molar-refractivity contribution in [2.45, 2.75) is 32.4 Å². The van der Waals surface area contributed by atoms with E-state index >= 15 is 0 Å². The van der Waals surface area contributed by atoms with Crippen molar-refractivity contribution in [3.8, 4) is 0 Å². The number of rotatable bonds is 3. The summed E-state index contributed by atoms with van der Waals surface area (Å²) in [5, 5.41) is 13.7. The van der Waals surface area contributed by atoms with Gasteiger partial charge in [-0.25, -0.2) is 0 Å². The van der Waals surface area contributed by atoms with E-state index in [0.717, 1.165) is 36.5 Å². The third-order valence-corrected chi connectivity index (χ3v) is 3.32. The summed E-state index contributed by atoms with van der Waals surface area (Å²) in [7, 11) is 1.82. The molecule has 94 valence electrons. The van der Waals surface area contributed by atoms with Gasteiger partial charge in [0.2, 0.25) is 5.91 Å². The smallest absolute Gasteiger partial charge is 0.240 e. The van der Waals surface area contributed by atoms with Gasteiger partial charge in [-0.1, -0.05) is 0 Å². The Hall–Kier alpha value is -1.56. The molecule has 1 aromatic heterocycles. The summed E-state index contributed by atoms with van der Waals surface area (Å²) in [5.41, 5.74) is 6.97. The lowest BCUT2D eigenvalue weighted by Crippen LogP contribution is -2.41. The van der Waals surface area contributed by atoms with E-state index in [1.54, 1.807) is 4.68 Å². The second kappa shape index (κ2) is 4.37. The number of primary amides is 1. The molecule has 6 nitrogen and oxygen atoms in total. The Morgan fingerprint density at radius 2 is 2.35 bits per heavy atom. The highest BCUT2D eigenvalue weighted by Gasteiger charge is 2.32. The second-order valence-electron chi connectivity index (χ2n) is 4.42. The average Bonchev–Trinajstić information content (AvgIpc) is 2.81. The predicted octanol–water partition coefficient (Wildman–Crippen LogP) is -0.325. The molecule has 2 heterocycles. The van der Waals surface area contributed by atoms with Gasteiger partial charge in [-0.3, -0.25) is 9.48 Å². The summed E-state index contributed by atoms with van der Waals surface area (Å²) in [6.45, 7) is 2.56. The van der Waals surface area contributed by atoms with Crippen molar-refractivity contribution in [2.24, 2.45) is 12.8 Å². The normalized spacial score (nSPS) is 19.9. The summed E-state index contributed by atoms with van der Waals surface area (Å²) < 4.78 is 1.71. The first-order valence-electron chi connectivity index (χ1n) is 5.75. The SMILES string of the molecule is Cc1nn(C)c(N2CCCC2C(N)=O)c1CO. The number of hydrogen-bond acceptors (Lipinski definition) is 4. The number of aryl methyl sites for hydroxylation is 2. The summed E-state index contributed by atoms with van der Waals surface area (Å²) in [6, 6.07) is -0.282. The third kappa shape index (κ3) is 1.88. The molecule has 1 unspecified atom stereocenters.